The summed E-state index contributed by atoms with van der Waals surface area (Å²) in [7, 11) is 6.38. The van der Waals surface area contributed by atoms with E-state index in [1.807, 2.05) is 49.4 Å². The molecule has 3 aromatic carbocycles. The van der Waals surface area contributed by atoms with Crippen LogP contribution in [0.25, 0.3) is 27.7 Å². The van der Waals surface area contributed by atoms with Gasteiger partial charge >= 0.3 is 0 Å². The third-order valence-electron chi connectivity index (χ3n) is 5.73. The molecule has 0 saturated heterocycles. The number of carbonyl (C=O) groups is 1. The van der Waals surface area contributed by atoms with Crippen molar-refractivity contribution >= 4 is 28.1 Å². The van der Waals surface area contributed by atoms with Gasteiger partial charge in [0, 0.05) is 34.2 Å². The van der Waals surface area contributed by atoms with Crippen molar-refractivity contribution in [2.24, 2.45) is 0 Å². The molecule has 0 saturated carbocycles. The average Bonchev–Trinajstić information content (AvgIpc) is 3.30. The van der Waals surface area contributed by atoms with E-state index < -0.39 is 0 Å². The van der Waals surface area contributed by atoms with E-state index in [0.29, 0.717) is 34.3 Å². The summed E-state index contributed by atoms with van der Waals surface area (Å²) in [5, 5.41) is 3.72. The fourth-order valence-corrected chi connectivity index (χ4v) is 3.96. The van der Waals surface area contributed by atoms with Gasteiger partial charge in [0.2, 0.25) is 5.91 Å². The zero-order valence-electron chi connectivity index (χ0n) is 20.3. The van der Waals surface area contributed by atoms with Crippen LogP contribution in [0.5, 0.6) is 23.0 Å². The van der Waals surface area contributed by atoms with Crippen molar-refractivity contribution in [2.75, 3.05) is 33.8 Å². The first-order chi connectivity index (χ1) is 17.0. The molecule has 35 heavy (non-hydrogen) atoms. The summed E-state index contributed by atoms with van der Waals surface area (Å²) < 4.78 is 27.8. The fourth-order valence-electron chi connectivity index (χ4n) is 3.96. The Kier molecular flexibility index (Phi) is 6.96. The molecule has 7 heteroatoms. The maximum absolute atomic E-state index is 12.8. The molecule has 1 aromatic heterocycles. The van der Waals surface area contributed by atoms with Crippen molar-refractivity contribution in [2.45, 2.75) is 6.92 Å². The number of allylic oxidation sites excluding steroid dienone is 1. The van der Waals surface area contributed by atoms with Crippen molar-refractivity contribution in [3.8, 4) is 34.1 Å². The molecule has 1 amide bonds. The molecule has 7 nitrogen and oxygen atoms in total. The SMILES string of the molecule is COc1ccc(OC)c(-c2coc3cc(OC)c(/C(C)=C/C(=O)Nc4ccccc4OC)cc23)c1. The topological polar surface area (TPSA) is 79.2 Å². The summed E-state index contributed by atoms with van der Waals surface area (Å²) in [6.45, 7) is 1.86. The van der Waals surface area contributed by atoms with Crippen molar-refractivity contribution < 1.29 is 28.2 Å². The molecule has 0 fully saturated rings. The van der Waals surface area contributed by atoms with Crippen LogP contribution < -0.4 is 24.3 Å². The first-order valence-electron chi connectivity index (χ1n) is 10.9. The first kappa shape index (κ1) is 23.8. The third-order valence-corrected chi connectivity index (χ3v) is 5.73. The Labute approximate surface area is 203 Å². The molecule has 4 rings (SSSR count). The number of amides is 1. The molecular formula is C28H27NO6. The quantitative estimate of drug-likeness (QED) is 0.308. The number of fused-ring (bicyclic) bond motifs is 1. The predicted octanol–water partition coefficient (Wildman–Crippen LogP) is 6.18. The highest BCUT2D eigenvalue weighted by Crippen LogP contribution is 2.41. The van der Waals surface area contributed by atoms with E-state index in [1.54, 1.807) is 46.8 Å². The number of ether oxygens (including phenoxy) is 4. The van der Waals surface area contributed by atoms with Gasteiger partial charge in [0.15, 0.2) is 0 Å². The Bertz CT molecular complexity index is 1400. The minimum Gasteiger partial charge on any atom is -0.497 e. The smallest absolute Gasteiger partial charge is 0.248 e. The van der Waals surface area contributed by atoms with E-state index in [0.717, 1.165) is 27.6 Å². The van der Waals surface area contributed by atoms with Crippen molar-refractivity contribution in [3.05, 3.63) is 72.5 Å². The number of hydrogen-bond donors (Lipinski definition) is 1. The molecule has 0 bridgehead atoms. The molecule has 0 unspecified atom stereocenters. The summed E-state index contributed by atoms with van der Waals surface area (Å²) in [6, 6.07) is 16.6. The Balaban J connectivity index is 1.76. The molecule has 0 atom stereocenters. The number of nitrogens with one attached hydrogen (secondary N) is 1. The van der Waals surface area contributed by atoms with Crippen LogP contribution in [-0.2, 0) is 4.79 Å². The molecular weight excluding hydrogens is 446 g/mol. The minimum atomic E-state index is -0.281. The van der Waals surface area contributed by atoms with Gasteiger partial charge in [0.25, 0.3) is 0 Å². The maximum Gasteiger partial charge on any atom is 0.248 e. The number of hydrogen-bond acceptors (Lipinski definition) is 6. The highest BCUT2D eigenvalue weighted by Gasteiger charge is 2.18. The van der Waals surface area contributed by atoms with Crippen molar-refractivity contribution in [3.63, 3.8) is 0 Å². The van der Waals surface area contributed by atoms with Crippen LogP contribution in [-0.4, -0.2) is 34.3 Å². The molecule has 0 aliphatic heterocycles. The van der Waals surface area contributed by atoms with E-state index in [-0.39, 0.29) is 5.91 Å². The standard InChI is InChI=1S/C28H27NO6/c1-17(12-28(30)29-23-8-6-7-9-25(23)33-4)19-14-21-22(16-35-27(21)15-26(19)34-5)20-13-18(31-2)10-11-24(20)32-3/h6-16H,1-5H3,(H,29,30)/b17-12+. The zero-order chi connectivity index (χ0) is 24.9. The van der Waals surface area contributed by atoms with Crippen LogP contribution in [0.1, 0.15) is 12.5 Å². The van der Waals surface area contributed by atoms with Gasteiger partial charge in [-0.05, 0) is 48.9 Å². The van der Waals surface area contributed by atoms with Crippen LogP contribution in [0.2, 0.25) is 0 Å². The minimum absolute atomic E-state index is 0.281. The summed E-state index contributed by atoms with van der Waals surface area (Å²) in [5.41, 5.74) is 4.40. The second-order valence-electron chi connectivity index (χ2n) is 7.78. The monoisotopic (exact) mass is 473 g/mol. The number of furan rings is 1. The Morgan fingerprint density at radius 2 is 1.57 bits per heavy atom. The van der Waals surface area contributed by atoms with Gasteiger partial charge in [-0.2, -0.15) is 0 Å². The van der Waals surface area contributed by atoms with Crippen LogP contribution in [0.3, 0.4) is 0 Å². The molecule has 4 aromatic rings. The van der Waals surface area contributed by atoms with Crippen LogP contribution in [0.15, 0.2) is 71.4 Å². The number of anilines is 1. The number of benzene rings is 3. The van der Waals surface area contributed by atoms with Gasteiger partial charge in [-0.3, -0.25) is 4.79 Å². The van der Waals surface area contributed by atoms with Gasteiger partial charge in [0.1, 0.15) is 28.6 Å². The summed E-state index contributed by atoms with van der Waals surface area (Å²) in [4.78, 5) is 12.8. The van der Waals surface area contributed by atoms with Crippen molar-refractivity contribution in [1.29, 1.82) is 0 Å². The van der Waals surface area contributed by atoms with E-state index >= 15 is 0 Å². The Morgan fingerprint density at radius 1 is 0.829 bits per heavy atom. The first-order valence-corrected chi connectivity index (χ1v) is 10.9. The molecule has 1 heterocycles. The Morgan fingerprint density at radius 3 is 2.29 bits per heavy atom. The predicted molar refractivity (Wildman–Crippen MR) is 137 cm³/mol. The van der Waals surface area contributed by atoms with Gasteiger partial charge in [-0.1, -0.05) is 12.1 Å². The van der Waals surface area contributed by atoms with Crippen LogP contribution >= 0.6 is 0 Å². The van der Waals surface area contributed by atoms with E-state index in [9.17, 15) is 4.79 Å². The van der Waals surface area contributed by atoms with Gasteiger partial charge in [-0.15, -0.1) is 0 Å². The van der Waals surface area contributed by atoms with E-state index in [1.165, 1.54) is 6.08 Å². The third kappa shape index (κ3) is 4.80. The molecule has 0 aliphatic rings. The summed E-state index contributed by atoms with van der Waals surface area (Å²) in [5.74, 6) is 2.29. The molecule has 1 N–H and O–H groups in total. The lowest BCUT2D eigenvalue weighted by Crippen LogP contribution is -2.09. The van der Waals surface area contributed by atoms with E-state index in [2.05, 4.69) is 5.32 Å². The average molecular weight is 474 g/mol. The highest BCUT2D eigenvalue weighted by molar-refractivity contribution is 6.06. The second kappa shape index (κ2) is 10.3. The zero-order valence-corrected chi connectivity index (χ0v) is 20.3. The van der Waals surface area contributed by atoms with Crippen molar-refractivity contribution in [1.82, 2.24) is 0 Å². The van der Waals surface area contributed by atoms with Gasteiger partial charge in [0.05, 0.1) is 40.4 Å². The molecule has 0 spiro atoms. The summed E-state index contributed by atoms with van der Waals surface area (Å²) >= 11 is 0. The van der Waals surface area contributed by atoms with Crippen LogP contribution in [0, 0.1) is 0 Å². The fraction of sp³-hybridized carbons (Fsp3) is 0.179. The molecule has 180 valence electrons. The molecule has 0 aliphatic carbocycles. The number of carbonyl (C=O) groups excluding carboxylic acids is 1. The Hall–Kier alpha value is -4.39. The number of rotatable bonds is 8. The lowest BCUT2D eigenvalue weighted by molar-refractivity contribution is -0.111. The number of para-hydroxylation sites is 2. The lowest BCUT2D eigenvalue weighted by Gasteiger charge is -2.12. The summed E-state index contributed by atoms with van der Waals surface area (Å²) in [6.07, 6.45) is 3.21. The lowest BCUT2D eigenvalue weighted by atomic mass is 9.98. The normalized spacial score (nSPS) is 11.3. The highest BCUT2D eigenvalue weighted by atomic mass is 16.5. The second-order valence-corrected chi connectivity index (χ2v) is 7.78. The number of methoxy groups -OCH3 is 4. The maximum atomic E-state index is 12.8. The largest absolute Gasteiger partial charge is 0.497 e. The van der Waals surface area contributed by atoms with Gasteiger partial charge < -0.3 is 28.7 Å². The van der Waals surface area contributed by atoms with E-state index in [4.69, 9.17) is 23.4 Å². The van der Waals surface area contributed by atoms with Crippen LogP contribution in [0.4, 0.5) is 5.69 Å². The van der Waals surface area contributed by atoms with Gasteiger partial charge in [-0.25, -0.2) is 0 Å². The molecule has 0 radical (unpaired) electrons.